The first-order chi connectivity index (χ1) is 13.3. The third-order valence-electron chi connectivity index (χ3n) is 6.26. The number of phenols is 2. The minimum atomic E-state index is -1.51. The maximum Gasteiger partial charge on any atom is 0.194 e. The number of carbonyl (C=O) groups excluding carboxylic acids is 4. The Morgan fingerprint density at radius 3 is 2.14 bits per heavy atom. The molecule has 0 unspecified atom stereocenters. The number of fused-ring (bicyclic) bond motifs is 4. The van der Waals surface area contributed by atoms with E-state index in [0.717, 1.165) is 0 Å². The van der Waals surface area contributed by atoms with Gasteiger partial charge in [0.05, 0.1) is 16.5 Å². The fourth-order valence-electron chi connectivity index (χ4n) is 4.90. The first kappa shape index (κ1) is 16.6. The lowest BCUT2D eigenvalue weighted by Crippen LogP contribution is -2.45. The summed E-state index contributed by atoms with van der Waals surface area (Å²) in [6.07, 6.45) is -0.0517. The number of carbonyl (C=O) groups is 4. The summed E-state index contributed by atoms with van der Waals surface area (Å²) < 4.78 is 0. The van der Waals surface area contributed by atoms with Crippen LogP contribution in [0.5, 0.6) is 11.5 Å². The van der Waals surface area contributed by atoms with Crippen molar-refractivity contribution in [2.75, 3.05) is 0 Å². The highest BCUT2D eigenvalue weighted by Crippen LogP contribution is 2.57. The number of Topliss-reactive ketones (excluding diaryl/α,β-unsaturated/α-hetero) is 4. The second-order valence-electron chi connectivity index (χ2n) is 7.56. The van der Waals surface area contributed by atoms with Crippen LogP contribution in [0.15, 0.2) is 47.5 Å². The van der Waals surface area contributed by atoms with Crippen molar-refractivity contribution in [2.24, 2.45) is 11.3 Å². The van der Waals surface area contributed by atoms with Gasteiger partial charge >= 0.3 is 0 Å². The third kappa shape index (κ3) is 1.68. The number of phenolic OH excluding ortho intramolecular Hbond substituents is 2. The average Bonchev–Trinajstić information content (AvgIpc) is 2.99. The lowest BCUT2D eigenvalue weighted by molar-refractivity contribution is 0.0649. The van der Waals surface area contributed by atoms with Gasteiger partial charge in [0, 0.05) is 28.2 Å². The SMILES string of the molecule is C[C@@]12C(=O)c3cccc(O)c3C(=O)[C@H]1CC1=C2C(=O)c2c(O)cccc2C1=O. The van der Waals surface area contributed by atoms with Crippen LogP contribution in [0.3, 0.4) is 0 Å². The number of aromatic hydroxyl groups is 2. The number of allylic oxidation sites excluding steroid dienone is 2. The molecule has 0 aliphatic heterocycles. The van der Waals surface area contributed by atoms with E-state index in [9.17, 15) is 29.4 Å². The van der Waals surface area contributed by atoms with Gasteiger partial charge in [-0.2, -0.15) is 0 Å². The molecule has 0 amide bonds. The van der Waals surface area contributed by atoms with Crippen molar-refractivity contribution in [3.8, 4) is 11.5 Å². The summed E-state index contributed by atoms with van der Waals surface area (Å²) in [5, 5.41) is 20.3. The molecular weight excluding hydrogens is 360 g/mol. The van der Waals surface area contributed by atoms with Crippen LogP contribution >= 0.6 is 0 Å². The first-order valence-corrected chi connectivity index (χ1v) is 8.84. The molecule has 0 aromatic heterocycles. The summed E-state index contributed by atoms with van der Waals surface area (Å²) in [5.41, 5.74) is -1.45. The zero-order valence-electron chi connectivity index (χ0n) is 14.8. The molecule has 0 spiro atoms. The Balaban J connectivity index is 1.78. The van der Waals surface area contributed by atoms with E-state index in [-0.39, 0.29) is 51.3 Å². The normalized spacial score (nSPS) is 25.4. The molecule has 0 heterocycles. The molecule has 0 bridgehead atoms. The van der Waals surface area contributed by atoms with Crippen molar-refractivity contribution < 1.29 is 29.4 Å². The van der Waals surface area contributed by atoms with Crippen molar-refractivity contribution in [1.29, 1.82) is 0 Å². The largest absolute Gasteiger partial charge is 0.507 e. The zero-order chi connectivity index (χ0) is 20.0. The molecule has 6 heteroatoms. The second-order valence-corrected chi connectivity index (χ2v) is 7.56. The quantitative estimate of drug-likeness (QED) is 0.734. The van der Waals surface area contributed by atoms with E-state index in [1.54, 1.807) is 0 Å². The predicted molar refractivity (Wildman–Crippen MR) is 96.8 cm³/mol. The van der Waals surface area contributed by atoms with Gasteiger partial charge in [0.25, 0.3) is 0 Å². The van der Waals surface area contributed by atoms with Crippen molar-refractivity contribution in [2.45, 2.75) is 13.3 Å². The van der Waals surface area contributed by atoms with Crippen molar-refractivity contribution in [1.82, 2.24) is 0 Å². The summed E-state index contributed by atoms with van der Waals surface area (Å²) in [4.78, 5) is 52.9. The van der Waals surface area contributed by atoms with E-state index in [2.05, 4.69) is 0 Å². The lowest BCUT2D eigenvalue weighted by Gasteiger charge is -2.37. The molecular formula is C22H14O6. The van der Waals surface area contributed by atoms with Crippen molar-refractivity contribution in [3.05, 3.63) is 69.8 Å². The Kier molecular flexibility index (Phi) is 2.99. The number of hydrogen-bond donors (Lipinski definition) is 2. The highest BCUT2D eigenvalue weighted by Gasteiger charge is 2.61. The molecule has 0 fully saturated rings. The smallest absolute Gasteiger partial charge is 0.194 e. The monoisotopic (exact) mass is 374 g/mol. The average molecular weight is 374 g/mol. The topological polar surface area (TPSA) is 109 Å². The minimum Gasteiger partial charge on any atom is -0.507 e. The van der Waals surface area contributed by atoms with Crippen LogP contribution in [-0.4, -0.2) is 33.3 Å². The molecule has 138 valence electrons. The van der Waals surface area contributed by atoms with Crippen LogP contribution in [0.25, 0.3) is 0 Å². The van der Waals surface area contributed by atoms with Crippen LogP contribution in [0.4, 0.5) is 0 Å². The summed E-state index contributed by atoms with van der Waals surface area (Å²) in [6.45, 7) is 1.50. The van der Waals surface area contributed by atoms with Crippen molar-refractivity contribution >= 4 is 23.1 Å². The van der Waals surface area contributed by atoms with Gasteiger partial charge in [0.1, 0.15) is 11.5 Å². The van der Waals surface area contributed by atoms with Crippen LogP contribution in [0.1, 0.15) is 54.8 Å². The van der Waals surface area contributed by atoms with Gasteiger partial charge in [-0.05, 0) is 25.5 Å². The van der Waals surface area contributed by atoms with E-state index < -0.39 is 34.5 Å². The van der Waals surface area contributed by atoms with Gasteiger partial charge in [0.15, 0.2) is 23.1 Å². The Labute approximate surface area is 159 Å². The molecule has 0 saturated heterocycles. The molecule has 6 nitrogen and oxygen atoms in total. The summed E-state index contributed by atoms with van der Waals surface area (Å²) in [7, 11) is 0. The van der Waals surface area contributed by atoms with Gasteiger partial charge in [-0.15, -0.1) is 0 Å². The van der Waals surface area contributed by atoms with Crippen LogP contribution in [0.2, 0.25) is 0 Å². The number of ketones is 4. The maximum absolute atomic E-state index is 13.4. The number of benzene rings is 2. The van der Waals surface area contributed by atoms with Gasteiger partial charge in [-0.1, -0.05) is 24.3 Å². The Bertz CT molecular complexity index is 1200. The van der Waals surface area contributed by atoms with E-state index in [1.165, 1.54) is 43.3 Å². The Morgan fingerprint density at radius 2 is 1.46 bits per heavy atom. The van der Waals surface area contributed by atoms with Gasteiger partial charge in [-0.3, -0.25) is 19.2 Å². The summed E-state index contributed by atoms with van der Waals surface area (Å²) >= 11 is 0. The Hall–Kier alpha value is -3.54. The number of hydrogen-bond acceptors (Lipinski definition) is 6. The number of rotatable bonds is 0. The molecule has 0 radical (unpaired) electrons. The lowest BCUT2D eigenvalue weighted by atomic mass is 9.61. The van der Waals surface area contributed by atoms with Gasteiger partial charge < -0.3 is 10.2 Å². The molecule has 2 aromatic carbocycles. The van der Waals surface area contributed by atoms with Crippen LogP contribution < -0.4 is 0 Å². The fraction of sp³-hybridized carbons (Fsp3) is 0.182. The molecule has 2 aromatic rings. The fourth-order valence-corrected chi connectivity index (χ4v) is 4.90. The summed E-state index contributed by atoms with van der Waals surface area (Å²) in [5.74, 6) is -3.56. The van der Waals surface area contributed by atoms with E-state index in [4.69, 9.17) is 0 Å². The zero-order valence-corrected chi connectivity index (χ0v) is 14.8. The maximum atomic E-state index is 13.4. The van der Waals surface area contributed by atoms with Crippen LogP contribution in [0, 0.1) is 11.3 Å². The first-order valence-electron chi connectivity index (χ1n) is 8.84. The molecule has 2 atom stereocenters. The highest BCUT2D eigenvalue weighted by atomic mass is 16.3. The standard InChI is InChI=1S/C22H14O6/c1-22-12(19(26)16-10(21(22)28)5-3-7-14(16)24)8-11-17(22)20(27)15-9(18(11)25)4-2-6-13(15)23/h2-7,12,23-24H,8H2,1H3/t12-,22-/m1/s1. The molecule has 2 N–H and O–H groups in total. The molecule has 5 rings (SSSR count). The van der Waals surface area contributed by atoms with E-state index in [1.807, 2.05) is 0 Å². The Morgan fingerprint density at radius 1 is 0.857 bits per heavy atom. The molecule has 3 aliphatic carbocycles. The second kappa shape index (κ2) is 5.04. The molecule has 0 saturated carbocycles. The predicted octanol–water partition coefficient (Wildman–Crippen LogP) is 2.88. The van der Waals surface area contributed by atoms with E-state index in [0.29, 0.717) is 0 Å². The minimum absolute atomic E-state index is 0.0103. The van der Waals surface area contributed by atoms with Crippen molar-refractivity contribution in [3.63, 3.8) is 0 Å². The summed E-state index contributed by atoms with van der Waals surface area (Å²) in [6, 6.07) is 8.47. The molecule has 28 heavy (non-hydrogen) atoms. The highest BCUT2D eigenvalue weighted by molar-refractivity contribution is 6.33. The van der Waals surface area contributed by atoms with Gasteiger partial charge in [-0.25, -0.2) is 0 Å². The molecule has 3 aliphatic rings. The van der Waals surface area contributed by atoms with E-state index >= 15 is 0 Å². The van der Waals surface area contributed by atoms with Gasteiger partial charge in [0.2, 0.25) is 0 Å². The van der Waals surface area contributed by atoms with Crippen LogP contribution in [-0.2, 0) is 0 Å². The third-order valence-corrected chi connectivity index (χ3v) is 6.26.